The van der Waals surface area contributed by atoms with Crippen molar-refractivity contribution in [3.63, 3.8) is 0 Å². The van der Waals surface area contributed by atoms with E-state index in [1.807, 2.05) is 30.3 Å². The zero-order chi connectivity index (χ0) is 20.7. The Kier molecular flexibility index (Phi) is 5.90. The molecule has 4 N–H and O–H groups in total. The third kappa shape index (κ3) is 3.80. The molecule has 4 rings (SSSR count). The van der Waals surface area contributed by atoms with E-state index in [2.05, 4.69) is 0 Å². The third-order valence-electron chi connectivity index (χ3n) is 5.33. The lowest BCUT2D eigenvalue weighted by Gasteiger charge is -2.40. The highest BCUT2D eigenvalue weighted by Crippen LogP contribution is 2.36. The van der Waals surface area contributed by atoms with Gasteiger partial charge in [0.15, 0.2) is 0 Å². The van der Waals surface area contributed by atoms with Crippen LogP contribution in [0.2, 0.25) is 5.02 Å². The Morgan fingerprint density at radius 1 is 1.03 bits per heavy atom. The second-order valence-electron chi connectivity index (χ2n) is 7.19. The number of hydrogen-bond donors (Lipinski definition) is 4. The quantitative estimate of drug-likeness (QED) is 0.579. The Labute approximate surface area is 175 Å². The minimum atomic E-state index is -1.45. The van der Waals surface area contributed by atoms with Gasteiger partial charge < -0.3 is 25.2 Å². The Balaban J connectivity index is 1.61. The Hall–Kier alpha value is -1.58. The van der Waals surface area contributed by atoms with Crippen LogP contribution in [-0.2, 0) is 22.0 Å². The zero-order valence-corrected chi connectivity index (χ0v) is 16.9. The van der Waals surface area contributed by atoms with E-state index in [9.17, 15) is 24.6 Å². The molecule has 0 amide bonds. The number of allylic oxidation sites excluding steroid dienone is 1. The van der Waals surface area contributed by atoms with Gasteiger partial charge >= 0.3 is 0 Å². The Bertz CT molecular complexity index is 975. The van der Waals surface area contributed by atoms with Gasteiger partial charge in [-0.15, -0.1) is 0 Å². The maximum absolute atomic E-state index is 12.8. The average molecular weight is 437 g/mol. The van der Waals surface area contributed by atoms with Crippen molar-refractivity contribution in [3.05, 3.63) is 69.1 Å². The second kappa shape index (κ2) is 8.28. The van der Waals surface area contributed by atoms with Crippen LogP contribution in [0.15, 0.2) is 52.3 Å². The van der Waals surface area contributed by atoms with Crippen LogP contribution in [-0.4, -0.2) is 55.7 Å². The third-order valence-corrected chi connectivity index (χ3v) is 7.21. The van der Waals surface area contributed by atoms with E-state index in [1.165, 1.54) is 0 Å². The van der Waals surface area contributed by atoms with Gasteiger partial charge in [0.25, 0.3) is 0 Å². The first kappa shape index (κ1) is 20.7. The summed E-state index contributed by atoms with van der Waals surface area (Å²) in [7, 11) is -1.26. The number of aliphatic hydroxyl groups is 4. The average Bonchev–Trinajstić information content (AvgIpc) is 3.04. The second-order valence-corrected chi connectivity index (χ2v) is 9.10. The fraction of sp³-hybridized carbons (Fsp3) is 0.333. The molecule has 0 radical (unpaired) electrons. The molecule has 6 nitrogen and oxygen atoms in total. The van der Waals surface area contributed by atoms with Gasteiger partial charge in [0.1, 0.15) is 30.5 Å². The summed E-state index contributed by atoms with van der Waals surface area (Å²) in [5, 5.41) is 40.3. The molecular weight excluding hydrogens is 416 g/mol. The molecule has 2 aliphatic rings. The highest BCUT2D eigenvalue weighted by molar-refractivity contribution is 7.89. The smallest absolute Gasteiger partial charge is 0.113 e. The van der Waals surface area contributed by atoms with Crippen LogP contribution in [0.25, 0.3) is 6.08 Å². The van der Waals surface area contributed by atoms with Crippen LogP contribution in [0.1, 0.15) is 22.8 Å². The van der Waals surface area contributed by atoms with Crippen LogP contribution < -0.4 is 0 Å². The highest BCUT2D eigenvalue weighted by atomic mass is 35.5. The molecule has 8 heteroatoms. The summed E-state index contributed by atoms with van der Waals surface area (Å²) in [4.78, 5) is 1.49. The van der Waals surface area contributed by atoms with Crippen molar-refractivity contribution in [1.29, 1.82) is 0 Å². The molecule has 6 atom stereocenters. The molecule has 29 heavy (non-hydrogen) atoms. The standard InChI is InChI=1S/C21H21ClO6S/c22-15-6-5-12(21-20(26)19(25)18(24)16(10-23)28-21)7-13(15)9-14-8-11-3-1-2-4-17(11)29(14)27/h1-8,16,18-21,23-26H,9-10H2/t16-,18-,19+,20-,21+,29?/m1/s1. The molecule has 0 saturated carbocycles. The predicted molar refractivity (Wildman–Crippen MR) is 109 cm³/mol. The highest BCUT2D eigenvalue weighted by Gasteiger charge is 2.44. The van der Waals surface area contributed by atoms with Gasteiger partial charge in [-0.3, -0.25) is 0 Å². The van der Waals surface area contributed by atoms with Gasteiger partial charge in [-0.05, 0) is 34.9 Å². The largest absolute Gasteiger partial charge is 0.394 e. The lowest BCUT2D eigenvalue weighted by atomic mass is 9.90. The molecule has 0 bridgehead atoms. The molecule has 2 aliphatic heterocycles. The first-order chi connectivity index (χ1) is 13.9. The number of fused-ring (bicyclic) bond motifs is 1. The minimum Gasteiger partial charge on any atom is -0.394 e. The first-order valence-electron chi connectivity index (χ1n) is 9.21. The molecule has 1 saturated heterocycles. The van der Waals surface area contributed by atoms with Crippen LogP contribution in [0.4, 0.5) is 0 Å². The maximum Gasteiger partial charge on any atom is 0.113 e. The topological polar surface area (TPSA) is 107 Å². The predicted octanol–water partition coefficient (Wildman–Crippen LogP) is 1.56. The molecule has 154 valence electrons. The molecule has 0 aromatic heterocycles. The van der Waals surface area contributed by atoms with Gasteiger partial charge in [-0.2, -0.15) is 0 Å². The maximum atomic E-state index is 12.8. The van der Waals surface area contributed by atoms with Gasteiger partial charge in [0.05, 0.1) is 22.3 Å². The van der Waals surface area contributed by atoms with Gasteiger partial charge in [0.2, 0.25) is 0 Å². The number of halogens is 1. The van der Waals surface area contributed by atoms with Crippen molar-refractivity contribution in [2.45, 2.75) is 41.8 Å². The van der Waals surface area contributed by atoms with E-state index in [0.717, 1.165) is 15.4 Å². The van der Waals surface area contributed by atoms with Crippen LogP contribution in [0.3, 0.4) is 0 Å². The molecule has 2 aromatic carbocycles. The number of rotatable bonds is 4. The Morgan fingerprint density at radius 2 is 1.79 bits per heavy atom. The van der Waals surface area contributed by atoms with Crippen LogP contribution >= 0.6 is 11.6 Å². The molecule has 1 fully saturated rings. The van der Waals surface area contributed by atoms with Crippen molar-refractivity contribution in [3.8, 4) is 0 Å². The van der Waals surface area contributed by atoms with Crippen molar-refractivity contribution < 1.29 is 29.4 Å². The van der Waals surface area contributed by atoms with Crippen molar-refractivity contribution in [2.75, 3.05) is 6.61 Å². The van der Waals surface area contributed by atoms with Gasteiger partial charge in [0, 0.05) is 16.3 Å². The fourth-order valence-electron chi connectivity index (χ4n) is 3.73. The molecule has 0 spiro atoms. The van der Waals surface area contributed by atoms with E-state index >= 15 is 0 Å². The van der Waals surface area contributed by atoms with E-state index in [0.29, 0.717) is 22.6 Å². The normalized spacial score (nSPS) is 31.4. The summed E-state index contributed by atoms with van der Waals surface area (Å²) in [6.45, 7) is -0.494. The van der Waals surface area contributed by atoms with Crippen molar-refractivity contribution >= 4 is 28.5 Å². The van der Waals surface area contributed by atoms with Crippen LogP contribution in [0, 0.1) is 0 Å². The van der Waals surface area contributed by atoms with Gasteiger partial charge in [-0.1, -0.05) is 41.9 Å². The molecule has 2 aromatic rings. The zero-order valence-electron chi connectivity index (χ0n) is 15.3. The van der Waals surface area contributed by atoms with E-state index in [-0.39, 0.29) is 0 Å². The minimum absolute atomic E-state index is 0.353. The summed E-state index contributed by atoms with van der Waals surface area (Å²) < 4.78 is 18.4. The molecule has 1 unspecified atom stereocenters. The van der Waals surface area contributed by atoms with Crippen LogP contribution in [0.5, 0.6) is 0 Å². The summed E-state index contributed by atoms with van der Waals surface area (Å²) in [6, 6.07) is 12.5. The van der Waals surface area contributed by atoms with Gasteiger partial charge in [-0.25, -0.2) is 4.21 Å². The number of hydrogen-bond acceptors (Lipinski definition) is 6. The van der Waals surface area contributed by atoms with Crippen molar-refractivity contribution in [1.82, 2.24) is 0 Å². The van der Waals surface area contributed by atoms with E-state index in [4.69, 9.17) is 16.3 Å². The summed E-state index contributed by atoms with van der Waals surface area (Å²) in [6.07, 6.45) is -3.93. The van der Waals surface area contributed by atoms with E-state index in [1.54, 1.807) is 18.2 Å². The monoisotopic (exact) mass is 436 g/mol. The molecule has 2 heterocycles. The SMILES string of the molecule is O=S1C(Cc2cc([C@@H]3O[C@H](CO)[C@@H](O)[C@H](O)[C@H]3O)ccc2Cl)=Cc2ccccc21. The summed E-state index contributed by atoms with van der Waals surface area (Å²) in [5.41, 5.74) is 2.17. The lowest BCUT2D eigenvalue weighted by molar-refractivity contribution is -0.231. The molecular formula is C21H21ClO6S. The lowest BCUT2D eigenvalue weighted by Crippen LogP contribution is -2.55. The Morgan fingerprint density at radius 3 is 2.52 bits per heavy atom. The summed E-state index contributed by atoms with van der Waals surface area (Å²) in [5.74, 6) is 0. The number of aliphatic hydroxyl groups excluding tert-OH is 4. The fourth-order valence-corrected chi connectivity index (χ4v) is 5.26. The molecule has 0 aliphatic carbocycles. The summed E-state index contributed by atoms with van der Waals surface area (Å²) >= 11 is 6.36. The number of ether oxygens (including phenoxy) is 1. The number of benzene rings is 2. The van der Waals surface area contributed by atoms with E-state index < -0.39 is 47.9 Å². The first-order valence-corrected chi connectivity index (χ1v) is 10.7. The van der Waals surface area contributed by atoms with Crippen molar-refractivity contribution in [2.24, 2.45) is 0 Å².